The van der Waals surface area contributed by atoms with Crippen molar-refractivity contribution >= 4 is 33.3 Å². The van der Waals surface area contributed by atoms with Gasteiger partial charge >= 0.3 is 0 Å². The smallest absolute Gasteiger partial charge is 0.224 e. The van der Waals surface area contributed by atoms with Crippen molar-refractivity contribution in [3.05, 3.63) is 16.0 Å². The number of halogens is 2. The Labute approximate surface area is 109 Å². The van der Waals surface area contributed by atoms with E-state index in [1.807, 2.05) is 13.8 Å². The number of aliphatic hydroxyl groups is 1. The molecule has 0 amide bonds. The van der Waals surface area contributed by atoms with Gasteiger partial charge in [0.15, 0.2) is 0 Å². The van der Waals surface area contributed by atoms with Gasteiger partial charge in [-0.1, -0.05) is 0 Å². The highest BCUT2D eigenvalue weighted by Gasteiger charge is 2.35. The highest BCUT2D eigenvalue weighted by Crippen LogP contribution is 2.29. The van der Waals surface area contributed by atoms with E-state index >= 15 is 0 Å². The minimum Gasteiger partial charge on any atom is -0.388 e. The van der Waals surface area contributed by atoms with Crippen LogP contribution in [0.2, 0.25) is 5.28 Å². The SMILES string of the molecule is CC(C)(O)C(C)(C)Nc1nc(Cl)ncc1Br. The first-order valence-electron chi connectivity index (χ1n) is 4.82. The maximum atomic E-state index is 10.0. The second-order valence-electron chi connectivity index (χ2n) is 4.64. The molecule has 90 valence electrons. The van der Waals surface area contributed by atoms with Crippen LogP contribution in [0.3, 0.4) is 0 Å². The molecule has 1 heterocycles. The van der Waals surface area contributed by atoms with Crippen molar-refractivity contribution in [1.82, 2.24) is 9.97 Å². The fourth-order valence-electron chi connectivity index (χ4n) is 0.882. The Bertz CT molecular complexity index is 390. The minimum absolute atomic E-state index is 0.164. The summed E-state index contributed by atoms with van der Waals surface area (Å²) in [6.45, 7) is 7.23. The van der Waals surface area contributed by atoms with E-state index in [4.69, 9.17) is 11.6 Å². The lowest BCUT2D eigenvalue weighted by Gasteiger charge is -2.38. The summed E-state index contributed by atoms with van der Waals surface area (Å²) in [5.41, 5.74) is -1.45. The molecule has 4 nitrogen and oxygen atoms in total. The number of rotatable bonds is 3. The summed E-state index contributed by atoms with van der Waals surface area (Å²) in [6.07, 6.45) is 1.57. The normalized spacial score (nSPS) is 12.7. The van der Waals surface area contributed by atoms with E-state index in [0.717, 1.165) is 0 Å². The summed E-state index contributed by atoms with van der Waals surface area (Å²) < 4.78 is 0.703. The number of hydrogen-bond donors (Lipinski definition) is 2. The van der Waals surface area contributed by atoms with Crippen LogP contribution in [0.4, 0.5) is 5.82 Å². The summed E-state index contributed by atoms with van der Waals surface area (Å²) in [5, 5.41) is 13.3. The van der Waals surface area contributed by atoms with Crippen LogP contribution in [0.15, 0.2) is 10.7 Å². The number of nitrogens with zero attached hydrogens (tertiary/aromatic N) is 2. The quantitative estimate of drug-likeness (QED) is 0.843. The molecular weight excluding hydrogens is 293 g/mol. The summed E-state index contributed by atoms with van der Waals surface area (Å²) in [5.74, 6) is 0.562. The van der Waals surface area contributed by atoms with Gasteiger partial charge in [0.2, 0.25) is 5.28 Å². The van der Waals surface area contributed by atoms with E-state index in [1.165, 1.54) is 0 Å². The Morgan fingerprint density at radius 3 is 2.44 bits per heavy atom. The van der Waals surface area contributed by atoms with Gasteiger partial charge in [-0.2, -0.15) is 4.98 Å². The van der Waals surface area contributed by atoms with Crippen LogP contribution in [0.5, 0.6) is 0 Å². The second kappa shape index (κ2) is 4.47. The lowest BCUT2D eigenvalue weighted by atomic mass is 9.86. The molecule has 0 bridgehead atoms. The molecule has 0 spiro atoms. The van der Waals surface area contributed by atoms with E-state index in [0.29, 0.717) is 10.3 Å². The van der Waals surface area contributed by atoms with Crippen LogP contribution in [0.25, 0.3) is 0 Å². The van der Waals surface area contributed by atoms with E-state index in [1.54, 1.807) is 20.0 Å². The van der Waals surface area contributed by atoms with Crippen molar-refractivity contribution in [1.29, 1.82) is 0 Å². The van der Waals surface area contributed by atoms with E-state index in [2.05, 4.69) is 31.2 Å². The summed E-state index contributed by atoms with van der Waals surface area (Å²) in [7, 11) is 0. The molecule has 0 aliphatic rings. The molecule has 0 fully saturated rings. The Morgan fingerprint density at radius 1 is 1.38 bits per heavy atom. The first-order chi connectivity index (χ1) is 7.13. The largest absolute Gasteiger partial charge is 0.388 e. The monoisotopic (exact) mass is 307 g/mol. The van der Waals surface area contributed by atoms with Gasteiger partial charge in [-0.3, -0.25) is 0 Å². The van der Waals surface area contributed by atoms with Gasteiger partial charge < -0.3 is 10.4 Å². The third-order valence-electron chi connectivity index (χ3n) is 2.68. The molecule has 16 heavy (non-hydrogen) atoms. The van der Waals surface area contributed by atoms with Crippen LogP contribution >= 0.6 is 27.5 Å². The fraction of sp³-hybridized carbons (Fsp3) is 0.600. The number of aromatic nitrogens is 2. The molecule has 2 N–H and O–H groups in total. The van der Waals surface area contributed by atoms with E-state index in [9.17, 15) is 5.11 Å². The zero-order chi connectivity index (χ0) is 12.6. The van der Waals surface area contributed by atoms with Crippen molar-refractivity contribution in [2.24, 2.45) is 0 Å². The van der Waals surface area contributed by atoms with E-state index < -0.39 is 11.1 Å². The number of hydrogen-bond acceptors (Lipinski definition) is 4. The fourth-order valence-corrected chi connectivity index (χ4v) is 1.31. The standard InChI is InChI=1S/C10H15BrClN3O/c1-9(2,10(3,4)16)15-7-6(11)5-13-8(12)14-7/h5,16H,1-4H3,(H,13,14,15). The molecule has 6 heteroatoms. The first kappa shape index (κ1) is 13.7. The molecule has 0 radical (unpaired) electrons. The molecule has 0 saturated heterocycles. The maximum absolute atomic E-state index is 10.0. The van der Waals surface area contributed by atoms with Gasteiger partial charge in [0.25, 0.3) is 0 Å². The molecule has 0 unspecified atom stereocenters. The van der Waals surface area contributed by atoms with Crippen molar-refractivity contribution < 1.29 is 5.11 Å². The van der Waals surface area contributed by atoms with Crippen molar-refractivity contribution in [2.75, 3.05) is 5.32 Å². The third-order valence-corrected chi connectivity index (χ3v) is 3.44. The Balaban J connectivity index is 3.01. The third kappa shape index (κ3) is 3.06. The van der Waals surface area contributed by atoms with Gasteiger partial charge in [-0.15, -0.1) is 0 Å². The number of anilines is 1. The van der Waals surface area contributed by atoms with Crippen LogP contribution in [0, 0.1) is 0 Å². The Hall–Kier alpha value is -0.390. The zero-order valence-electron chi connectivity index (χ0n) is 9.67. The van der Waals surface area contributed by atoms with Crippen molar-refractivity contribution in [3.63, 3.8) is 0 Å². The summed E-state index contributed by atoms with van der Waals surface area (Å²) in [4.78, 5) is 7.89. The summed E-state index contributed by atoms with van der Waals surface area (Å²) >= 11 is 9.04. The average Bonchev–Trinajstić information content (AvgIpc) is 2.09. The zero-order valence-corrected chi connectivity index (χ0v) is 12.0. The molecule has 0 atom stereocenters. The molecule has 0 saturated carbocycles. The molecular formula is C10H15BrClN3O. The van der Waals surface area contributed by atoms with Gasteiger partial charge in [0.05, 0.1) is 15.6 Å². The predicted molar refractivity (Wildman–Crippen MR) is 68.7 cm³/mol. The topological polar surface area (TPSA) is 58.0 Å². The first-order valence-corrected chi connectivity index (χ1v) is 5.99. The molecule has 0 aliphatic heterocycles. The Morgan fingerprint density at radius 2 is 1.94 bits per heavy atom. The molecule has 1 aromatic rings. The number of nitrogens with one attached hydrogen (secondary N) is 1. The predicted octanol–water partition coefficient (Wildman–Crippen LogP) is 2.85. The minimum atomic E-state index is -0.899. The lowest BCUT2D eigenvalue weighted by Crippen LogP contribution is -2.51. The van der Waals surface area contributed by atoms with Crippen molar-refractivity contribution in [3.8, 4) is 0 Å². The van der Waals surface area contributed by atoms with E-state index in [-0.39, 0.29) is 5.28 Å². The summed E-state index contributed by atoms with van der Waals surface area (Å²) in [6, 6.07) is 0. The van der Waals surface area contributed by atoms with Crippen LogP contribution < -0.4 is 5.32 Å². The molecule has 1 aromatic heterocycles. The average molecular weight is 309 g/mol. The van der Waals surface area contributed by atoms with Crippen molar-refractivity contribution in [2.45, 2.75) is 38.8 Å². The van der Waals surface area contributed by atoms with Gasteiger partial charge in [0.1, 0.15) is 5.82 Å². The second-order valence-corrected chi connectivity index (χ2v) is 5.84. The molecule has 1 rings (SSSR count). The van der Waals surface area contributed by atoms with Gasteiger partial charge in [0, 0.05) is 6.20 Å². The van der Waals surface area contributed by atoms with Gasteiger partial charge in [-0.05, 0) is 55.2 Å². The Kier molecular flexibility index (Phi) is 3.82. The van der Waals surface area contributed by atoms with Crippen LogP contribution in [-0.4, -0.2) is 26.2 Å². The highest BCUT2D eigenvalue weighted by atomic mass is 79.9. The molecule has 0 aromatic carbocycles. The maximum Gasteiger partial charge on any atom is 0.224 e. The van der Waals surface area contributed by atoms with Crippen LogP contribution in [-0.2, 0) is 0 Å². The molecule has 0 aliphatic carbocycles. The lowest BCUT2D eigenvalue weighted by molar-refractivity contribution is 0.0238. The highest BCUT2D eigenvalue weighted by molar-refractivity contribution is 9.10. The van der Waals surface area contributed by atoms with Crippen LogP contribution in [0.1, 0.15) is 27.7 Å². The van der Waals surface area contributed by atoms with Gasteiger partial charge in [-0.25, -0.2) is 4.98 Å².